The minimum absolute atomic E-state index is 0.193. The van der Waals surface area contributed by atoms with E-state index in [2.05, 4.69) is 4.72 Å². The molecule has 0 aliphatic heterocycles. The molecule has 0 radical (unpaired) electrons. The van der Waals surface area contributed by atoms with Crippen LogP contribution in [0.4, 0.5) is 0 Å². The van der Waals surface area contributed by atoms with Gasteiger partial charge in [-0.25, -0.2) is 13.1 Å². The van der Waals surface area contributed by atoms with Crippen LogP contribution >= 0.6 is 11.6 Å². The molecule has 2 aromatic rings. The van der Waals surface area contributed by atoms with Gasteiger partial charge in [0, 0.05) is 11.6 Å². The van der Waals surface area contributed by atoms with Crippen molar-refractivity contribution >= 4 is 21.6 Å². The largest absolute Gasteiger partial charge is 0.492 e. The van der Waals surface area contributed by atoms with Crippen LogP contribution in [0, 0.1) is 6.92 Å². The molecule has 0 saturated carbocycles. The van der Waals surface area contributed by atoms with E-state index in [4.69, 9.17) is 16.3 Å². The average molecular weight is 326 g/mol. The number of benzene rings is 2. The molecule has 0 unspecified atom stereocenters. The van der Waals surface area contributed by atoms with Crippen molar-refractivity contribution in [3.05, 3.63) is 59.1 Å². The molecule has 21 heavy (non-hydrogen) atoms. The van der Waals surface area contributed by atoms with Gasteiger partial charge in [0.15, 0.2) is 0 Å². The van der Waals surface area contributed by atoms with Crippen LogP contribution in [-0.4, -0.2) is 21.6 Å². The van der Waals surface area contributed by atoms with Gasteiger partial charge in [-0.05, 0) is 42.8 Å². The number of nitrogens with one attached hydrogen (secondary N) is 1. The van der Waals surface area contributed by atoms with E-state index in [9.17, 15) is 8.42 Å². The molecule has 2 aromatic carbocycles. The van der Waals surface area contributed by atoms with Gasteiger partial charge in [0.25, 0.3) is 0 Å². The van der Waals surface area contributed by atoms with Crippen molar-refractivity contribution in [1.29, 1.82) is 0 Å². The van der Waals surface area contributed by atoms with E-state index in [1.807, 2.05) is 13.0 Å². The third kappa shape index (κ3) is 4.46. The third-order valence-electron chi connectivity index (χ3n) is 2.85. The summed E-state index contributed by atoms with van der Waals surface area (Å²) in [6.07, 6.45) is 0. The highest BCUT2D eigenvalue weighted by atomic mass is 35.5. The molecule has 1 N–H and O–H groups in total. The summed E-state index contributed by atoms with van der Waals surface area (Å²) in [6, 6.07) is 13.5. The summed E-state index contributed by atoms with van der Waals surface area (Å²) in [7, 11) is -3.48. The Morgan fingerprint density at radius 1 is 1.14 bits per heavy atom. The van der Waals surface area contributed by atoms with Crippen LogP contribution in [0.2, 0.25) is 5.02 Å². The van der Waals surface area contributed by atoms with Crippen molar-refractivity contribution in [1.82, 2.24) is 4.72 Å². The van der Waals surface area contributed by atoms with Gasteiger partial charge in [0.05, 0.1) is 4.90 Å². The van der Waals surface area contributed by atoms with E-state index in [0.717, 1.165) is 5.56 Å². The number of hydrogen-bond acceptors (Lipinski definition) is 3. The monoisotopic (exact) mass is 325 g/mol. The van der Waals surface area contributed by atoms with Gasteiger partial charge >= 0.3 is 0 Å². The molecule has 0 heterocycles. The van der Waals surface area contributed by atoms with Crippen LogP contribution in [0.15, 0.2) is 53.4 Å². The van der Waals surface area contributed by atoms with Crippen LogP contribution in [0.5, 0.6) is 5.75 Å². The van der Waals surface area contributed by atoms with Crippen LogP contribution in [0.1, 0.15) is 5.56 Å². The second-order valence-electron chi connectivity index (χ2n) is 4.47. The van der Waals surface area contributed by atoms with Crippen molar-refractivity contribution in [3.8, 4) is 5.75 Å². The molecule has 0 atom stereocenters. The Kier molecular flexibility index (Phi) is 5.22. The lowest BCUT2D eigenvalue weighted by molar-refractivity contribution is 0.322. The average Bonchev–Trinajstić information content (AvgIpc) is 2.48. The van der Waals surface area contributed by atoms with E-state index in [1.54, 1.807) is 42.5 Å². The number of rotatable bonds is 6. The summed E-state index contributed by atoms with van der Waals surface area (Å²) in [6.45, 7) is 2.32. The van der Waals surface area contributed by atoms with Crippen LogP contribution in [0.3, 0.4) is 0 Å². The van der Waals surface area contributed by atoms with Gasteiger partial charge < -0.3 is 4.74 Å². The molecular formula is C15H16ClNO3S. The number of halogens is 1. The Labute approximate surface area is 129 Å². The molecule has 0 aromatic heterocycles. The number of aryl methyl sites for hydroxylation is 1. The quantitative estimate of drug-likeness (QED) is 0.831. The molecule has 112 valence electrons. The maximum Gasteiger partial charge on any atom is 0.240 e. The Balaban J connectivity index is 1.86. The van der Waals surface area contributed by atoms with Gasteiger partial charge in [0.2, 0.25) is 10.0 Å². The Hall–Kier alpha value is -1.56. The van der Waals surface area contributed by atoms with E-state index in [1.165, 1.54) is 0 Å². The lowest BCUT2D eigenvalue weighted by atomic mass is 10.2. The molecule has 0 aliphatic rings. The maximum absolute atomic E-state index is 12.0. The zero-order valence-electron chi connectivity index (χ0n) is 11.5. The molecule has 0 amide bonds. The van der Waals surface area contributed by atoms with Crippen LogP contribution in [0.25, 0.3) is 0 Å². The highest BCUT2D eigenvalue weighted by Gasteiger charge is 2.12. The Morgan fingerprint density at radius 2 is 1.86 bits per heavy atom. The van der Waals surface area contributed by atoms with Crippen molar-refractivity contribution in [2.45, 2.75) is 11.8 Å². The second kappa shape index (κ2) is 6.93. The fraction of sp³-hybridized carbons (Fsp3) is 0.200. The van der Waals surface area contributed by atoms with Crippen molar-refractivity contribution in [2.75, 3.05) is 13.2 Å². The normalized spacial score (nSPS) is 11.3. The lowest BCUT2D eigenvalue weighted by Crippen LogP contribution is -2.28. The Bertz CT molecular complexity index is 702. The molecule has 6 heteroatoms. The van der Waals surface area contributed by atoms with Crippen LogP contribution < -0.4 is 9.46 Å². The maximum atomic E-state index is 12.0. The topological polar surface area (TPSA) is 55.4 Å². The summed E-state index contributed by atoms with van der Waals surface area (Å²) in [5, 5.41) is 0.673. The van der Waals surface area contributed by atoms with Crippen molar-refractivity contribution in [2.24, 2.45) is 0 Å². The molecule has 2 rings (SSSR count). The van der Waals surface area contributed by atoms with Gasteiger partial charge in [-0.15, -0.1) is 0 Å². The summed E-state index contributed by atoms with van der Waals surface area (Å²) >= 11 is 5.92. The van der Waals surface area contributed by atoms with Gasteiger partial charge in [-0.2, -0.15) is 0 Å². The smallest absolute Gasteiger partial charge is 0.240 e. The van der Waals surface area contributed by atoms with Gasteiger partial charge in [-0.1, -0.05) is 29.8 Å². The van der Waals surface area contributed by atoms with Gasteiger partial charge in [0.1, 0.15) is 12.4 Å². The minimum Gasteiger partial charge on any atom is -0.492 e. The summed E-state index contributed by atoms with van der Waals surface area (Å²) in [5.74, 6) is 0.663. The minimum atomic E-state index is -3.48. The molecule has 0 spiro atoms. The molecule has 0 fully saturated rings. The summed E-state index contributed by atoms with van der Waals surface area (Å²) in [4.78, 5) is 0.243. The predicted molar refractivity (Wildman–Crippen MR) is 83.3 cm³/mol. The summed E-state index contributed by atoms with van der Waals surface area (Å²) in [5.41, 5.74) is 0.916. The number of hydrogen-bond donors (Lipinski definition) is 1. The van der Waals surface area contributed by atoms with Crippen LogP contribution in [-0.2, 0) is 10.0 Å². The zero-order valence-corrected chi connectivity index (χ0v) is 13.1. The molecule has 0 bridgehead atoms. The Morgan fingerprint density at radius 3 is 2.52 bits per heavy atom. The van der Waals surface area contributed by atoms with E-state index in [-0.39, 0.29) is 18.0 Å². The zero-order chi connectivity index (χ0) is 15.3. The molecule has 4 nitrogen and oxygen atoms in total. The predicted octanol–water partition coefficient (Wildman–Crippen LogP) is 3.01. The number of ether oxygens (including phenoxy) is 1. The fourth-order valence-electron chi connectivity index (χ4n) is 1.73. The van der Waals surface area contributed by atoms with E-state index >= 15 is 0 Å². The first-order valence-corrected chi connectivity index (χ1v) is 8.29. The second-order valence-corrected chi connectivity index (χ2v) is 6.64. The summed E-state index contributed by atoms with van der Waals surface area (Å²) < 4.78 is 31.9. The standard InChI is InChI=1S/C15H16ClNO3S/c1-12-11-13(7-8-15(12)16)20-10-9-17-21(18,19)14-5-3-2-4-6-14/h2-8,11,17H,9-10H2,1H3. The molecule has 0 saturated heterocycles. The first kappa shape index (κ1) is 15.8. The third-order valence-corrected chi connectivity index (χ3v) is 4.75. The highest BCUT2D eigenvalue weighted by molar-refractivity contribution is 7.89. The first-order chi connectivity index (χ1) is 9.99. The van der Waals surface area contributed by atoms with Crippen molar-refractivity contribution in [3.63, 3.8) is 0 Å². The van der Waals surface area contributed by atoms with Gasteiger partial charge in [-0.3, -0.25) is 0 Å². The first-order valence-electron chi connectivity index (χ1n) is 6.43. The molecule has 0 aliphatic carbocycles. The SMILES string of the molecule is Cc1cc(OCCNS(=O)(=O)c2ccccc2)ccc1Cl. The molecular weight excluding hydrogens is 310 g/mol. The van der Waals surface area contributed by atoms with Crippen molar-refractivity contribution < 1.29 is 13.2 Å². The highest BCUT2D eigenvalue weighted by Crippen LogP contribution is 2.20. The van der Waals surface area contributed by atoms with E-state index < -0.39 is 10.0 Å². The van der Waals surface area contributed by atoms with E-state index in [0.29, 0.717) is 10.8 Å². The number of sulfonamides is 1. The fourth-order valence-corrected chi connectivity index (χ4v) is 2.89. The lowest BCUT2D eigenvalue weighted by Gasteiger charge is -2.09.